The number of imidazole rings is 1. The fourth-order valence-electron chi connectivity index (χ4n) is 1.58. The first-order valence-electron chi connectivity index (χ1n) is 5.22. The largest absolute Gasteiger partial charge is 0.347 e. The Kier molecular flexibility index (Phi) is 3.59. The number of rotatable bonds is 4. The summed E-state index contributed by atoms with van der Waals surface area (Å²) in [6.45, 7) is 2.85. The van der Waals surface area contributed by atoms with E-state index in [0.717, 1.165) is 22.8 Å². The van der Waals surface area contributed by atoms with Crippen LogP contribution in [-0.2, 0) is 6.54 Å². The van der Waals surface area contributed by atoms with Gasteiger partial charge in [0.2, 0.25) is 0 Å². The summed E-state index contributed by atoms with van der Waals surface area (Å²) in [6.07, 6.45) is 3.49. The molecule has 0 aliphatic carbocycles. The molecule has 0 spiro atoms. The zero-order valence-electron chi connectivity index (χ0n) is 9.07. The Hall–Kier alpha value is -1.32. The van der Waals surface area contributed by atoms with Gasteiger partial charge >= 0.3 is 0 Å². The van der Waals surface area contributed by atoms with E-state index >= 15 is 0 Å². The molecule has 84 valence electrons. The molecule has 1 heterocycles. The van der Waals surface area contributed by atoms with Gasteiger partial charge in [0.1, 0.15) is 0 Å². The van der Waals surface area contributed by atoms with Gasteiger partial charge < -0.3 is 10.3 Å². The zero-order valence-corrected chi connectivity index (χ0v) is 9.83. The number of nitrogens with one attached hydrogen (secondary N) is 2. The fourth-order valence-corrected chi connectivity index (χ4v) is 1.88. The predicted molar refractivity (Wildman–Crippen MR) is 65.3 cm³/mol. The van der Waals surface area contributed by atoms with Crippen LogP contribution in [0.5, 0.6) is 0 Å². The van der Waals surface area contributed by atoms with Crippen LogP contribution in [0.2, 0.25) is 5.02 Å². The predicted octanol–water partition coefficient (Wildman–Crippen LogP) is 2.91. The van der Waals surface area contributed by atoms with Crippen LogP contribution in [0.15, 0.2) is 36.8 Å². The van der Waals surface area contributed by atoms with Gasteiger partial charge in [-0.3, -0.25) is 0 Å². The maximum atomic E-state index is 6.12. The van der Waals surface area contributed by atoms with Crippen molar-refractivity contribution in [1.82, 2.24) is 15.3 Å². The number of H-pyrrole nitrogens is 1. The minimum Gasteiger partial charge on any atom is -0.347 e. The third-order valence-corrected chi connectivity index (χ3v) is 2.87. The monoisotopic (exact) mass is 235 g/mol. The summed E-state index contributed by atoms with van der Waals surface area (Å²) in [4.78, 5) is 7.02. The average Bonchev–Trinajstić information content (AvgIpc) is 2.79. The molecule has 3 nitrogen and oxygen atoms in total. The first-order chi connectivity index (χ1) is 7.77. The topological polar surface area (TPSA) is 40.7 Å². The molecule has 0 bridgehead atoms. The first-order valence-corrected chi connectivity index (χ1v) is 5.60. The van der Waals surface area contributed by atoms with Gasteiger partial charge in [-0.15, -0.1) is 0 Å². The van der Waals surface area contributed by atoms with E-state index in [1.54, 1.807) is 6.33 Å². The molecule has 2 aromatic rings. The van der Waals surface area contributed by atoms with Crippen LogP contribution in [0.25, 0.3) is 0 Å². The molecular formula is C12H14ClN3. The Bertz CT molecular complexity index is 439. The number of hydrogen-bond acceptors (Lipinski definition) is 2. The quantitative estimate of drug-likeness (QED) is 0.856. The number of benzene rings is 1. The molecule has 4 heteroatoms. The van der Waals surface area contributed by atoms with Crippen molar-refractivity contribution in [3.8, 4) is 0 Å². The van der Waals surface area contributed by atoms with Crippen molar-refractivity contribution in [3.63, 3.8) is 0 Å². The Morgan fingerprint density at radius 3 is 2.94 bits per heavy atom. The standard InChI is InChI=1S/C12H14ClN3/c1-9(11-4-2-3-5-12(11)13)15-7-10-6-14-8-16-10/h2-6,8-9,15H,7H2,1H3,(H,14,16)/t9-/m0/s1. The number of hydrogen-bond donors (Lipinski definition) is 2. The van der Waals surface area contributed by atoms with Crippen molar-refractivity contribution in [3.05, 3.63) is 53.1 Å². The fraction of sp³-hybridized carbons (Fsp3) is 0.250. The molecule has 1 atom stereocenters. The zero-order chi connectivity index (χ0) is 11.4. The van der Waals surface area contributed by atoms with Gasteiger partial charge in [0.15, 0.2) is 0 Å². The number of nitrogens with zero attached hydrogens (tertiary/aromatic N) is 1. The lowest BCUT2D eigenvalue weighted by Gasteiger charge is -2.14. The summed E-state index contributed by atoms with van der Waals surface area (Å²) in [7, 11) is 0. The van der Waals surface area contributed by atoms with E-state index in [2.05, 4.69) is 22.2 Å². The van der Waals surface area contributed by atoms with Gasteiger partial charge in [-0.1, -0.05) is 29.8 Å². The summed E-state index contributed by atoms with van der Waals surface area (Å²) >= 11 is 6.12. The third kappa shape index (κ3) is 2.62. The molecule has 0 aliphatic heterocycles. The number of aromatic amines is 1. The van der Waals surface area contributed by atoms with E-state index in [-0.39, 0.29) is 6.04 Å². The van der Waals surface area contributed by atoms with E-state index in [4.69, 9.17) is 11.6 Å². The number of aromatic nitrogens is 2. The summed E-state index contributed by atoms with van der Waals surface area (Å²) in [6, 6.07) is 8.10. The van der Waals surface area contributed by atoms with Crippen molar-refractivity contribution in [2.24, 2.45) is 0 Å². The molecule has 1 aromatic carbocycles. The highest BCUT2D eigenvalue weighted by Crippen LogP contribution is 2.22. The maximum absolute atomic E-state index is 6.12. The Morgan fingerprint density at radius 2 is 2.25 bits per heavy atom. The van der Waals surface area contributed by atoms with Gasteiger partial charge in [0.05, 0.1) is 6.33 Å². The van der Waals surface area contributed by atoms with Crippen LogP contribution in [0.1, 0.15) is 24.2 Å². The van der Waals surface area contributed by atoms with Crippen molar-refractivity contribution >= 4 is 11.6 Å². The van der Waals surface area contributed by atoms with Crippen LogP contribution >= 0.6 is 11.6 Å². The van der Waals surface area contributed by atoms with Gasteiger partial charge in [0, 0.05) is 29.5 Å². The Labute approximate surface area is 99.9 Å². The summed E-state index contributed by atoms with van der Waals surface area (Å²) in [5, 5.41) is 4.18. The van der Waals surface area contributed by atoms with Gasteiger partial charge in [-0.25, -0.2) is 4.98 Å². The van der Waals surface area contributed by atoms with E-state index in [1.165, 1.54) is 0 Å². The highest BCUT2D eigenvalue weighted by atomic mass is 35.5. The molecule has 0 saturated carbocycles. The van der Waals surface area contributed by atoms with Crippen LogP contribution in [-0.4, -0.2) is 9.97 Å². The molecule has 2 N–H and O–H groups in total. The second-order valence-electron chi connectivity index (χ2n) is 3.70. The van der Waals surface area contributed by atoms with Crippen molar-refractivity contribution in [2.45, 2.75) is 19.5 Å². The molecule has 2 rings (SSSR count). The van der Waals surface area contributed by atoms with Crippen molar-refractivity contribution < 1.29 is 0 Å². The molecule has 16 heavy (non-hydrogen) atoms. The minimum atomic E-state index is 0.219. The molecular weight excluding hydrogens is 222 g/mol. The van der Waals surface area contributed by atoms with E-state index in [0.29, 0.717) is 0 Å². The van der Waals surface area contributed by atoms with Crippen LogP contribution < -0.4 is 5.32 Å². The van der Waals surface area contributed by atoms with E-state index in [1.807, 2.05) is 30.5 Å². The summed E-state index contributed by atoms with van der Waals surface area (Å²) in [5.74, 6) is 0. The Balaban J connectivity index is 1.98. The van der Waals surface area contributed by atoms with Crippen LogP contribution in [0, 0.1) is 0 Å². The smallest absolute Gasteiger partial charge is 0.0922 e. The van der Waals surface area contributed by atoms with Gasteiger partial charge in [0.25, 0.3) is 0 Å². The highest BCUT2D eigenvalue weighted by molar-refractivity contribution is 6.31. The van der Waals surface area contributed by atoms with E-state index < -0.39 is 0 Å². The maximum Gasteiger partial charge on any atom is 0.0922 e. The molecule has 0 amide bonds. The van der Waals surface area contributed by atoms with E-state index in [9.17, 15) is 0 Å². The second kappa shape index (κ2) is 5.14. The minimum absolute atomic E-state index is 0.219. The molecule has 0 aliphatic rings. The van der Waals surface area contributed by atoms with Gasteiger partial charge in [-0.05, 0) is 18.6 Å². The SMILES string of the molecule is C[C@H](NCc1cnc[nH]1)c1ccccc1Cl. The lowest BCUT2D eigenvalue weighted by molar-refractivity contribution is 0.569. The van der Waals surface area contributed by atoms with Gasteiger partial charge in [-0.2, -0.15) is 0 Å². The summed E-state index contributed by atoms with van der Waals surface area (Å²) in [5.41, 5.74) is 2.18. The number of halogens is 1. The summed E-state index contributed by atoms with van der Waals surface area (Å²) < 4.78 is 0. The second-order valence-corrected chi connectivity index (χ2v) is 4.11. The van der Waals surface area contributed by atoms with Crippen LogP contribution in [0.4, 0.5) is 0 Å². The Morgan fingerprint density at radius 1 is 1.44 bits per heavy atom. The lowest BCUT2D eigenvalue weighted by atomic mass is 10.1. The molecule has 0 radical (unpaired) electrons. The van der Waals surface area contributed by atoms with Crippen LogP contribution in [0.3, 0.4) is 0 Å². The lowest BCUT2D eigenvalue weighted by Crippen LogP contribution is -2.18. The highest BCUT2D eigenvalue weighted by Gasteiger charge is 2.08. The molecule has 0 saturated heterocycles. The molecule has 0 unspecified atom stereocenters. The van der Waals surface area contributed by atoms with Crippen molar-refractivity contribution in [1.29, 1.82) is 0 Å². The third-order valence-electron chi connectivity index (χ3n) is 2.53. The normalized spacial score (nSPS) is 12.6. The molecule has 0 fully saturated rings. The van der Waals surface area contributed by atoms with Crippen molar-refractivity contribution in [2.75, 3.05) is 0 Å². The molecule has 1 aromatic heterocycles. The average molecular weight is 236 g/mol. The first kappa shape index (κ1) is 11.2.